The average Bonchev–Trinajstić information content (AvgIpc) is 3.16. The summed E-state index contributed by atoms with van der Waals surface area (Å²) in [5.74, 6) is 5.99. The van der Waals surface area contributed by atoms with Gasteiger partial charge in [0.25, 0.3) is 5.90 Å². The Hall–Kier alpha value is -3.58. The van der Waals surface area contributed by atoms with Gasteiger partial charge >= 0.3 is 0 Å². The van der Waals surface area contributed by atoms with Crippen LogP contribution in [0.15, 0.2) is 48.2 Å². The van der Waals surface area contributed by atoms with E-state index in [1.54, 1.807) is 6.20 Å². The Bertz CT molecular complexity index is 1270. The highest BCUT2D eigenvalue weighted by molar-refractivity contribution is 5.97. The zero-order valence-electron chi connectivity index (χ0n) is 21.0. The molecule has 1 aliphatic carbocycles. The van der Waals surface area contributed by atoms with Gasteiger partial charge in [-0.25, -0.2) is 4.99 Å². The van der Waals surface area contributed by atoms with Crippen molar-refractivity contribution < 1.29 is 9.63 Å². The van der Waals surface area contributed by atoms with E-state index in [4.69, 9.17) is 15.8 Å². The number of nitrogens with two attached hydrogens (primary N) is 1. The van der Waals surface area contributed by atoms with E-state index >= 15 is 0 Å². The van der Waals surface area contributed by atoms with Crippen LogP contribution in [0.3, 0.4) is 0 Å². The van der Waals surface area contributed by atoms with E-state index in [-0.39, 0.29) is 11.3 Å². The van der Waals surface area contributed by atoms with Crippen molar-refractivity contribution in [2.75, 3.05) is 0 Å². The lowest BCUT2D eigenvalue weighted by Crippen LogP contribution is -2.25. The van der Waals surface area contributed by atoms with E-state index in [1.165, 1.54) is 5.69 Å². The molecular weight excluding hydrogens is 438 g/mol. The van der Waals surface area contributed by atoms with Gasteiger partial charge in [0, 0.05) is 35.6 Å². The topological polar surface area (TPSA) is 95.4 Å². The first kappa shape index (κ1) is 24.5. The van der Waals surface area contributed by atoms with Crippen LogP contribution in [-0.4, -0.2) is 26.9 Å². The second-order valence-electron chi connectivity index (χ2n) is 10.1. The first-order valence-corrected chi connectivity index (χ1v) is 11.9. The molecule has 0 amide bonds. The molecule has 182 valence electrons. The molecule has 2 N–H and O–H groups in total. The average molecular weight is 472 g/mol. The highest BCUT2D eigenvalue weighted by Crippen LogP contribution is 2.37. The third-order valence-electron chi connectivity index (χ3n) is 6.79. The number of hydrogen-bond donors (Lipinski definition) is 1. The van der Waals surface area contributed by atoms with Crippen molar-refractivity contribution in [3.63, 3.8) is 0 Å². The van der Waals surface area contributed by atoms with Crippen LogP contribution >= 0.6 is 0 Å². The van der Waals surface area contributed by atoms with Crippen LogP contribution < -0.4 is 5.90 Å². The third-order valence-corrected chi connectivity index (χ3v) is 6.79. The van der Waals surface area contributed by atoms with Crippen molar-refractivity contribution in [3.8, 4) is 0 Å². The zero-order chi connectivity index (χ0) is 25.2. The molecule has 0 fully saturated rings. The molecule has 0 aliphatic heterocycles. The molecule has 4 rings (SSSR count). The van der Waals surface area contributed by atoms with Crippen LogP contribution in [0.5, 0.6) is 0 Å². The monoisotopic (exact) mass is 471 g/mol. The highest BCUT2D eigenvalue weighted by atomic mass is 16.6. The van der Waals surface area contributed by atoms with Crippen LogP contribution in [0.1, 0.15) is 65.0 Å². The smallest absolute Gasteiger partial charge is 0.266 e. The number of rotatable bonds is 7. The minimum Gasteiger partial charge on any atom is -0.389 e. The molecule has 1 aliphatic rings. The molecule has 1 aromatic carbocycles. The third kappa shape index (κ3) is 5.25. The molecule has 7 heteroatoms. The minimum atomic E-state index is 0.180. The fraction of sp³-hybridized carbons (Fsp3) is 0.357. The van der Waals surface area contributed by atoms with Gasteiger partial charge in [-0.05, 0) is 79.0 Å². The van der Waals surface area contributed by atoms with E-state index in [0.29, 0.717) is 24.4 Å². The molecular formula is C28H33N5O2. The molecule has 0 unspecified atom stereocenters. The van der Waals surface area contributed by atoms with Gasteiger partial charge < -0.3 is 9.63 Å². The number of aromatic nitrogens is 3. The van der Waals surface area contributed by atoms with Gasteiger partial charge in [-0.15, -0.1) is 0 Å². The van der Waals surface area contributed by atoms with Gasteiger partial charge in [0.2, 0.25) is 0 Å². The molecule has 0 saturated heterocycles. The maximum absolute atomic E-state index is 11.0. The Morgan fingerprint density at radius 3 is 2.69 bits per heavy atom. The van der Waals surface area contributed by atoms with Gasteiger partial charge in [-0.3, -0.25) is 9.67 Å². The largest absolute Gasteiger partial charge is 0.389 e. The van der Waals surface area contributed by atoms with E-state index in [1.807, 2.05) is 49.0 Å². The van der Waals surface area contributed by atoms with Gasteiger partial charge in [0.1, 0.15) is 6.29 Å². The van der Waals surface area contributed by atoms with E-state index in [9.17, 15) is 4.79 Å². The molecule has 0 atom stereocenters. The highest BCUT2D eigenvalue weighted by Gasteiger charge is 2.33. The summed E-state index contributed by atoms with van der Waals surface area (Å²) in [7, 11) is 0. The number of benzene rings is 1. The van der Waals surface area contributed by atoms with Crippen molar-refractivity contribution >= 4 is 17.9 Å². The summed E-state index contributed by atoms with van der Waals surface area (Å²) >= 11 is 0. The van der Waals surface area contributed by atoms with Gasteiger partial charge in [0.05, 0.1) is 12.2 Å². The molecule has 0 bridgehead atoms. The van der Waals surface area contributed by atoms with E-state index in [0.717, 1.165) is 58.9 Å². The van der Waals surface area contributed by atoms with Crippen LogP contribution in [0.2, 0.25) is 0 Å². The van der Waals surface area contributed by atoms with Gasteiger partial charge in [-0.2, -0.15) is 11.0 Å². The number of carbonyl (C=O) groups is 1. The molecule has 2 heterocycles. The number of fused-ring (bicyclic) bond motifs is 1. The number of aliphatic imine (C=N–C) groups is 1. The van der Waals surface area contributed by atoms with E-state index < -0.39 is 0 Å². The zero-order valence-corrected chi connectivity index (χ0v) is 21.0. The molecule has 0 saturated carbocycles. The molecule has 35 heavy (non-hydrogen) atoms. The number of aryl methyl sites for hydroxylation is 2. The van der Waals surface area contributed by atoms with Crippen molar-refractivity contribution in [2.45, 2.75) is 59.9 Å². The minimum absolute atomic E-state index is 0.180. The normalized spacial score (nSPS) is 14.9. The Morgan fingerprint density at radius 1 is 1.31 bits per heavy atom. The number of nitrogens with zero attached hydrogens (tertiary/aromatic N) is 4. The number of hydrogen-bond acceptors (Lipinski definition) is 6. The number of pyridine rings is 1. The van der Waals surface area contributed by atoms with E-state index in [2.05, 4.69) is 30.4 Å². The summed E-state index contributed by atoms with van der Waals surface area (Å²) < 4.78 is 2.03. The fourth-order valence-electron chi connectivity index (χ4n) is 4.85. The standard InChI is InChI=1S/C28H33N5O2/c1-18-13-22(14-19(2)23(18)9-12-34)20(3)31-27(35-29)26-24-8-10-28(4,5)15-25(24)33(32-26)17-21-7-6-11-30-16-21/h6-7,11-14,16H,3,8-10,15,17,29H2,1-2,4-5H3. The number of aldehydes is 1. The molecule has 2 aromatic heterocycles. The van der Waals surface area contributed by atoms with Gasteiger partial charge in [0.15, 0.2) is 5.69 Å². The fourth-order valence-corrected chi connectivity index (χ4v) is 4.85. The van der Waals surface area contributed by atoms with Crippen molar-refractivity contribution in [3.05, 3.63) is 88.0 Å². The summed E-state index contributed by atoms with van der Waals surface area (Å²) in [6.07, 6.45) is 7.77. The van der Waals surface area contributed by atoms with Crippen LogP contribution in [-0.2, 0) is 35.4 Å². The summed E-state index contributed by atoms with van der Waals surface area (Å²) in [6.45, 7) is 13.3. The first-order valence-electron chi connectivity index (χ1n) is 11.9. The van der Waals surface area contributed by atoms with Crippen molar-refractivity contribution in [1.29, 1.82) is 0 Å². The Labute approximate surface area is 206 Å². The van der Waals surface area contributed by atoms with Crippen LogP contribution in [0, 0.1) is 19.3 Å². The summed E-state index contributed by atoms with van der Waals surface area (Å²) in [6, 6.07) is 7.96. The Morgan fingerprint density at radius 2 is 2.06 bits per heavy atom. The Balaban J connectivity index is 1.73. The summed E-state index contributed by atoms with van der Waals surface area (Å²) in [5, 5.41) is 4.92. The summed E-state index contributed by atoms with van der Waals surface area (Å²) in [4.78, 5) is 25.2. The molecule has 7 nitrogen and oxygen atoms in total. The van der Waals surface area contributed by atoms with Crippen molar-refractivity contribution in [2.24, 2.45) is 16.3 Å². The predicted octanol–water partition coefficient (Wildman–Crippen LogP) is 4.51. The maximum atomic E-state index is 11.0. The SMILES string of the molecule is C=C(N=C(ON)c1nn(Cc2cccnc2)c2c1CCC(C)(C)C2)c1cc(C)c(CC=O)c(C)c1. The van der Waals surface area contributed by atoms with Crippen LogP contribution in [0.25, 0.3) is 5.70 Å². The molecule has 0 spiro atoms. The molecule has 0 radical (unpaired) electrons. The second kappa shape index (κ2) is 9.96. The lowest BCUT2D eigenvalue weighted by atomic mass is 9.76. The second-order valence-corrected chi connectivity index (χ2v) is 10.1. The lowest BCUT2D eigenvalue weighted by molar-refractivity contribution is -0.107. The number of carbonyl (C=O) groups excluding carboxylic acids is 1. The molecule has 3 aromatic rings. The first-order chi connectivity index (χ1) is 16.7. The van der Waals surface area contributed by atoms with Crippen molar-refractivity contribution in [1.82, 2.24) is 14.8 Å². The maximum Gasteiger partial charge on any atom is 0.266 e. The lowest BCUT2D eigenvalue weighted by Gasteiger charge is -2.30. The van der Waals surface area contributed by atoms with Crippen LogP contribution in [0.4, 0.5) is 0 Å². The predicted molar refractivity (Wildman–Crippen MR) is 138 cm³/mol. The summed E-state index contributed by atoms with van der Waals surface area (Å²) in [5.41, 5.74) is 8.69. The quantitative estimate of drug-likeness (QED) is 0.237. The Kier molecular flexibility index (Phi) is 6.98. The van der Waals surface area contributed by atoms with Gasteiger partial charge in [-0.1, -0.05) is 26.5 Å².